The Morgan fingerprint density at radius 3 is 2.67 bits per heavy atom. The summed E-state index contributed by atoms with van der Waals surface area (Å²) in [4.78, 5) is 13.7. The molecule has 0 spiro atoms. The van der Waals surface area contributed by atoms with Gasteiger partial charge in [-0.2, -0.15) is 0 Å². The van der Waals surface area contributed by atoms with Crippen LogP contribution in [0.5, 0.6) is 11.5 Å². The van der Waals surface area contributed by atoms with E-state index in [0.717, 1.165) is 25.9 Å². The lowest BCUT2D eigenvalue weighted by molar-refractivity contribution is 0.153. The molecule has 0 aromatic heterocycles. The van der Waals surface area contributed by atoms with Crippen molar-refractivity contribution in [3.05, 3.63) is 23.2 Å². The molecule has 8 heteroatoms. The van der Waals surface area contributed by atoms with Gasteiger partial charge in [-0.3, -0.25) is 0 Å². The van der Waals surface area contributed by atoms with Gasteiger partial charge in [-0.25, -0.2) is 4.79 Å². The predicted octanol–water partition coefficient (Wildman–Crippen LogP) is 4.13. The van der Waals surface area contributed by atoms with Crippen molar-refractivity contribution < 1.29 is 19.0 Å². The Kier molecular flexibility index (Phi) is 5.35. The summed E-state index contributed by atoms with van der Waals surface area (Å²) in [7, 11) is 1.55. The summed E-state index contributed by atoms with van der Waals surface area (Å²) in [6.45, 7) is 1.71. The Labute approximate surface area is 155 Å². The minimum atomic E-state index is -0.943. The Hall–Kier alpha value is -0.880. The topological polar surface area (TPSA) is 48.0 Å². The molecule has 5 nitrogen and oxygen atoms in total. The molecule has 0 N–H and O–H groups in total. The van der Waals surface area contributed by atoms with Crippen LogP contribution < -0.4 is 9.47 Å². The number of hydrogen-bond donors (Lipinski definition) is 0. The van der Waals surface area contributed by atoms with Crippen LogP contribution in [0.3, 0.4) is 0 Å². The normalized spacial score (nSPS) is 24.8. The second-order valence-corrected chi connectivity index (χ2v) is 7.75. The van der Waals surface area contributed by atoms with Crippen molar-refractivity contribution in [1.29, 1.82) is 0 Å². The minimum Gasteiger partial charge on any atom is -0.491 e. The van der Waals surface area contributed by atoms with E-state index < -0.39 is 4.33 Å². The Morgan fingerprint density at radius 1 is 1.33 bits per heavy atom. The predicted molar refractivity (Wildman–Crippen MR) is 92.5 cm³/mol. The van der Waals surface area contributed by atoms with E-state index in [1.54, 1.807) is 30.2 Å². The minimum absolute atomic E-state index is 0.141. The zero-order valence-corrected chi connectivity index (χ0v) is 15.4. The van der Waals surface area contributed by atoms with Crippen molar-refractivity contribution in [1.82, 2.24) is 4.90 Å². The molecule has 1 aromatic rings. The van der Waals surface area contributed by atoms with Gasteiger partial charge in [-0.05, 0) is 25.0 Å². The molecular weight excluding hydrogens is 377 g/mol. The Morgan fingerprint density at radius 2 is 2.04 bits per heavy atom. The van der Waals surface area contributed by atoms with Gasteiger partial charge in [0.05, 0.1) is 23.7 Å². The van der Waals surface area contributed by atoms with Gasteiger partial charge in [-0.1, -0.05) is 34.8 Å². The monoisotopic (exact) mass is 393 g/mol. The van der Waals surface area contributed by atoms with Gasteiger partial charge in [0.15, 0.2) is 4.33 Å². The quantitative estimate of drug-likeness (QED) is 0.705. The molecule has 2 atom stereocenters. The first-order valence-corrected chi connectivity index (χ1v) is 8.86. The highest BCUT2D eigenvalue weighted by atomic mass is 35.5. The summed E-state index contributed by atoms with van der Waals surface area (Å²) in [5.41, 5.74) is 0. The lowest BCUT2D eigenvalue weighted by Gasteiger charge is -2.15. The van der Waals surface area contributed by atoms with Crippen molar-refractivity contribution in [2.45, 2.75) is 23.3 Å². The van der Waals surface area contributed by atoms with Gasteiger partial charge in [0.2, 0.25) is 0 Å². The van der Waals surface area contributed by atoms with E-state index in [4.69, 9.17) is 49.0 Å². The van der Waals surface area contributed by atoms with E-state index >= 15 is 0 Å². The van der Waals surface area contributed by atoms with Crippen LogP contribution in [0.2, 0.25) is 5.02 Å². The molecule has 1 heterocycles. The van der Waals surface area contributed by atoms with Gasteiger partial charge in [0.25, 0.3) is 0 Å². The van der Waals surface area contributed by atoms with Crippen LogP contribution in [0, 0.1) is 5.92 Å². The number of halogens is 3. The van der Waals surface area contributed by atoms with Crippen molar-refractivity contribution in [2.75, 3.05) is 26.8 Å². The van der Waals surface area contributed by atoms with Crippen LogP contribution in [0.4, 0.5) is 4.79 Å². The number of methoxy groups -OCH3 is 1. The Balaban J connectivity index is 1.60. The second kappa shape index (κ2) is 7.16. The van der Waals surface area contributed by atoms with Gasteiger partial charge in [0.1, 0.15) is 11.5 Å². The number of likely N-dealkylation sites (tertiary alicyclic amines) is 1. The van der Waals surface area contributed by atoms with E-state index in [9.17, 15) is 4.79 Å². The first-order valence-electron chi connectivity index (χ1n) is 7.73. The van der Waals surface area contributed by atoms with Crippen LogP contribution in [0.15, 0.2) is 18.2 Å². The first kappa shape index (κ1) is 17.9. The van der Waals surface area contributed by atoms with E-state index in [2.05, 4.69) is 0 Å². The van der Waals surface area contributed by atoms with Gasteiger partial charge in [0, 0.05) is 26.3 Å². The number of alkyl halides is 2. The van der Waals surface area contributed by atoms with Crippen molar-refractivity contribution in [3.8, 4) is 11.5 Å². The average molecular weight is 395 g/mol. The molecule has 2 fully saturated rings. The lowest BCUT2D eigenvalue weighted by atomic mass is 10.3. The summed E-state index contributed by atoms with van der Waals surface area (Å²) in [5.74, 6) is 0.653. The highest BCUT2D eigenvalue weighted by Gasteiger charge is 2.64. The maximum absolute atomic E-state index is 12.0. The molecule has 1 saturated heterocycles. The van der Waals surface area contributed by atoms with Gasteiger partial charge >= 0.3 is 6.09 Å². The van der Waals surface area contributed by atoms with Gasteiger partial charge in [-0.15, -0.1) is 0 Å². The Bertz CT molecular complexity index is 619. The number of carbonyl (C=O) groups excluding carboxylic acids is 1. The molecular formula is C16H18Cl3NO4. The smallest absolute Gasteiger partial charge is 0.415 e. The third kappa shape index (κ3) is 3.69. The molecule has 0 bridgehead atoms. The number of nitrogens with zero attached hydrogens (tertiary/aromatic N) is 1. The van der Waals surface area contributed by atoms with E-state index in [1.165, 1.54) is 0 Å². The number of rotatable bonds is 5. The largest absolute Gasteiger partial charge is 0.491 e. The molecule has 1 aliphatic carbocycles. The van der Waals surface area contributed by atoms with E-state index in [1.807, 2.05) is 0 Å². The highest BCUT2D eigenvalue weighted by molar-refractivity contribution is 6.51. The fourth-order valence-electron chi connectivity index (χ4n) is 2.78. The summed E-state index contributed by atoms with van der Waals surface area (Å²) >= 11 is 18.3. The molecule has 132 valence electrons. The third-order valence-corrected chi connectivity index (χ3v) is 5.58. The number of hydrogen-bond acceptors (Lipinski definition) is 4. The first-order chi connectivity index (χ1) is 11.4. The molecule has 1 amide bonds. The summed E-state index contributed by atoms with van der Waals surface area (Å²) in [6.07, 6.45) is 1.38. The number of amides is 1. The van der Waals surface area contributed by atoms with E-state index in [-0.39, 0.29) is 24.7 Å². The second-order valence-electron chi connectivity index (χ2n) is 5.90. The maximum atomic E-state index is 12.0. The molecule has 0 unspecified atom stereocenters. The molecule has 1 aliphatic heterocycles. The summed E-state index contributed by atoms with van der Waals surface area (Å²) in [5, 5.41) is 0.417. The SMILES string of the molecule is CO[C@@H]1[C@H](COc2cc(OC(=O)N3CCCC3)ccc2Cl)C1(Cl)Cl. The summed E-state index contributed by atoms with van der Waals surface area (Å²) in [6, 6.07) is 4.84. The fourth-order valence-corrected chi connectivity index (χ4v) is 3.66. The van der Waals surface area contributed by atoms with Crippen LogP contribution in [0.1, 0.15) is 12.8 Å². The zero-order chi connectivity index (χ0) is 17.3. The lowest BCUT2D eigenvalue weighted by Crippen LogP contribution is -2.30. The summed E-state index contributed by atoms with van der Waals surface area (Å²) < 4.78 is 15.3. The highest BCUT2D eigenvalue weighted by Crippen LogP contribution is 2.55. The average Bonchev–Trinajstić information content (AvgIpc) is 2.93. The zero-order valence-electron chi connectivity index (χ0n) is 13.1. The van der Waals surface area contributed by atoms with Gasteiger partial charge < -0.3 is 19.1 Å². The maximum Gasteiger partial charge on any atom is 0.415 e. The third-order valence-electron chi connectivity index (χ3n) is 4.27. The van der Waals surface area contributed by atoms with Crippen LogP contribution in [0.25, 0.3) is 0 Å². The molecule has 2 aliphatic rings. The molecule has 24 heavy (non-hydrogen) atoms. The number of carbonyl (C=O) groups is 1. The van der Waals surface area contributed by atoms with Crippen molar-refractivity contribution in [2.24, 2.45) is 5.92 Å². The molecule has 3 rings (SSSR count). The number of benzene rings is 1. The standard InChI is InChI=1S/C16H18Cl3NO4/c1-22-14-11(16(14,18)19)9-23-13-8-10(4-5-12(13)17)24-15(21)20-6-2-3-7-20/h4-5,8,11,14H,2-3,6-7,9H2,1H3/t11-,14+/m0/s1. The van der Waals surface area contributed by atoms with Crippen LogP contribution >= 0.6 is 34.8 Å². The van der Waals surface area contributed by atoms with Crippen molar-refractivity contribution in [3.63, 3.8) is 0 Å². The number of ether oxygens (including phenoxy) is 3. The molecule has 1 aromatic carbocycles. The van der Waals surface area contributed by atoms with E-state index in [0.29, 0.717) is 16.5 Å². The van der Waals surface area contributed by atoms with Crippen LogP contribution in [-0.4, -0.2) is 48.2 Å². The fraction of sp³-hybridized carbons (Fsp3) is 0.562. The molecule has 1 saturated carbocycles. The van der Waals surface area contributed by atoms with Crippen molar-refractivity contribution >= 4 is 40.9 Å². The molecule has 0 radical (unpaired) electrons. The van der Waals surface area contributed by atoms with Crippen LogP contribution in [-0.2, 0) is 4.74 Å².